The van der Waals surface area contributed by atoms with Crippen LogP contribution < -0.4 is 9.99 Å². The van der Waals surface area contributed by atoms with Gasteiger partial charge in [0.1, 0.15) is 0 Å². The molecule has 2 atom stereocenters. The Morgan fingerprint density at radius 1 is 1.19 bits per heavy atom. The number of benzene rings is 1. The van der Waals surface area contributed by atoms with Crippen LogP contribution in [0.15, 0.2) is 6.07 Å². The van der Waals surface area contributed by atoms with Gasteiger partial charge in [-0.3, -0.25) is 4.57 Å². The average Bonchev–Trinajstić information content (AvgIpc) is 2.75. The van der Waals surface area contributed by atoms with Gasteiger partial charge in [-0.05, 0) is 61.1 Å². The quantitative estimate of drug-likeness (QED) is 0.187. The van der Waals surface area contributed by atoms with E-state index >= 15 is 4.39 Å². The zero-order valence-electron chi connectivity index (χ0n) is 19.0. The second kappa shape index (κ2) is 12.3. The Morgan fingerprint density at radius 3 is 2.45 bits per heavy atom. The minimum Gasteiger partial charge on any atom is -0.490 e. The largest absolute Gasteiger partial charge is 0.490 e. The average molecular weight is 462 g/mol. The Balaban J connectivity index is 2.07. The third kappa shape index (κ3) is 7.52. The van der Waals surface area contributed by atoms with Gasteiger partial charge >= 0.3 is 0 Å². The third-order valence-electron chi connectivity index (χ3n) is 6.39. The molecule has 0 bridgehead atoms. The number of rotatable bonds is 12. The molecule has 178 valence electrons. The maximum Gasteiger partial charge on any atom is 0.289 e. The molecule has 0 heterocycles. The van der Waals surface area contributed by atoms with Crippen molar-refractivity contribution in [3.8, 4) is 5.75 Å². The highest BCUT2D eigenvalue weighted by Crippen LogP contribution is 2.42. The Bertz CT molecular complexity index is 754. The van der Waals surface area contributed by atoms with E-state index < -0.39 is 25.1 Å². The van der Waals surface area contributed by atoms with Crippen molar-refractivity contribution in [2.45, 2.75) is 84.5 Å². The van der Waals surface area contributed by atoms with Gasteiger partial charge in [-0.15, -0.1) is 5.25 Å². The van der Waals surface area contributed by atoms with Crippen molar-refractivity contribution >= 4 is 7.52 Å². The maximum atomic E-state index is 15.1. The van der Waals surface area contributed by atoms with Gasteiger partial charge in [-0.2, -0.15) is 4.39 Å². The molecule has 1 aliphatic carbocycles. The van der Waals surface area contributed by atoms with Crippen molar-refractivity contribution in [3.05, 3.63) is 28.8 Å². The fourth-order valence-corrected chi connectivity index (χ4v) is 5.71. The zero-order chi connectivity index (χ0) is 23.0. The fourth-order valence-electron chi connectivity index (χ4n) is 4.68. The summed E-state index contributed by atoms with van der Waals surface area (Å²) in [5.41, 5.74) is 1.26. The summed E-state index contributed by atoms with van der Waals surface area (Å²) in [5.74, 6) is -1.68. The first-order chi connectivity index (χ1) is 14.7. The number of halogens is 2. The number of unbranched alkanes of at least 4 members (excludes halogenated alkanes) is 2. The number of nitrogens with one attached hydrogen (secondary N) is 1. The van der Waals surface area contributed by atoms with E-state index in [0.29, 0.717) is 17.9 Å². The summed E-state index contributed by atoms with van der Waals surface area (Å²) in [6, 6.07) is 1.58. The SMILES string of the molecule is CCCCCC1CCC(c2c(CC)cc(OC[C@@H](C)CP(=O)(O)NO)c(F)c2F)CC1. The molecule has 2 rings (SSSR count). The van der Waals surface area contributed by atoms with Crippen LogP contribution in [-0.4, -0.2) is 22.9 Å². The summed E-state index contributed by atoms with van der Waals surface area (Å²) in [4.78, 5) is 9.44. The molecule has 0 spiro atoms. The molecule has 1 saturated carbocycles. The van der Waals surface area contributed by atoms with Crippen LogP contribution in [0, 0.1) is 23.5 Å². The van der Waals surface area contributed by atoms with E-state index in [1.165, 1.54) is 30.9 Å². The zero-order valence-corrected chi connectivity index (χ0v) is 19.9. The smallest absolute Gasteiger partial charge is 0.289 e. The molecular formula is C23H38F2NO4P. The summed E-state index contributed by atoms with van der Waals surface area (Å²) < 4.78 is 46.9. The highest BCUT2D eigenvalue weighted by Gasteiger charge is 2.29. The third-order valence-corrected chi connectivity index (χ3v) is 7.82. The summed E-state index contributed by atoms with van der Waals surface area (Å²) in [5, 5.41) is 10.1. The van der Waals surface area contributed by atoms with Crippen LogP contribution in [0.1, 0.15) is 89.2 Å². The molecule has 1 aromatic carbocycles. The molecular weight excluding hydrogens is 423 g/mol. The van der Waals surface area contributed by atoms with Crippen molar-refractivity contribution in [2.24, 2.45) is 11.8 Å². The van der Waals surface area contributed by atoms with Gasteiger partial charge in [0.05, 0.1) is 6.61 Å². The van der Waals surface area contributed by atoms with E-state index in [1.54, 1.807) is 13.0 Å². The summed E-state index contributed by atoms with van der Waals surface area (Å²) >= 11 is 0. The van der Waals surface area contributed by atoms with E-state index in [4.69, 9.17) is 9.94 Å². The topological polar surface area (TPSA) is 78.8 Å². The van der Waals surface area contributed by atoms with Crippen molar-refractivity contribution in [3.63, 3.8) is 0 Å². The van der Waals surface area contributed by atoms with Crippen LogP contribution in [0.4, 0.5) is 8.78 Å². The minimum absolute atomic E-state index is 0.0377. The van der Waals surface area contributed by atoms with Crippen LogP contribution in [0.3, 0.4) is 0 Å². The Labute approximate surface area is 185 Å². The molecule has 1 aliphatic rings. The molecule has 0 aliphatic heterocycles. The van der Waals surface area contributed by atoms with E-state index in [0.717, 1.165) is 31.2 Å². The standard InChI is InChI=1S/C23H38F2NO4P/c1-4-6-7-8-17-9-11-19(12-10-17)21-18(5-2)13-20(22(24)23(21)25)30-14-16(3)15-31(28,29)26-27/h13,16-17,19,27H,4-12,14-15H2,1-3H3,(H2,26,28,29)/t16-,17?,19?/m1/s1. The molecule has 1 unspecified atom stereocenters. The summed E-state index contributed by atoms with van der Waals surface area (Å²) in [6.45, 7) is 5.70. The molecule has 1 aromatic rings. The molecule has 3 N–H and O–H groups in total. The van der Waals surface area contributed by atoms with Crippen LogP contribution in [0.2, 0.25) is 0 Å². The predicted octanol–water partition coefficient (Wildman–Crippen LogP) is 6.56. The number of hydrogen-bond donors (Lipinski definition) is 3. The summed E-state index contributed by atoms with van der Waals surface area (Å²) in [6.07, 6.45) is 9.19. The highest BCUT2D eigenvalue weighted by atomic mass is 31.2. The lowest BCUT2D eigenvalue weighted by molar-refractivity contribution is 0.214. The van der Waals surface area contributed by atoms with Gasteiger partial charge in [0.2, 0.25) is 5.82 Å². The van der Waals surface area contributed by atoms with Crippen LogP contribution in [-0.2, 0) is 11.0 Å². The number of ether oxygens (including phenoxy) is 1. The van der Waals surface area contributed by atoms with Crippen molar-refractivity contribution < 1.29 is 28.2 Å². The van der Waals surface area contributed by atoms with Crippen LogP contribution in [0.5, 0.6) is 5.75 Å². The van der Waals surface area contributed by atoms with Crippen molar-refractivity contribution in [2.75, 3.05) is 12.8 Å². The fraction of sp³-hybridized carbons (Fsp3) is 0.739. The molecule has 5 nitrogen and oxygen atoms in total. The second-order valence-corrected chi connectivity index (χ2v) is 11.0. The Hall–Kier alpha value is -1.01. The molecule has 0 saturated heterocycles. The van der Waals surface area contributed by atoms with E-state index in [1.807, 2.05) is 6.92 Å². The Kier molecular flexibility index (Phi) is 10.4. The van der Waals surface area contributed by atoms with Gasteiger partial charge < -0.3 is 14.8 Å². The van der Waals surface area contributed by atoms with E-state index in [2.05, 4.69) is 6.92 Å². The van der Waals surface area contributed by atoms with E-state index in [-0.39, 0.29) is 24.4 Å². The first-order valence-electron chi connectivity index (χ1n) is 11.6. The second-order valence-electron chi connectivity index (χ2n) is 9.04. The van der Waals surface area contributed by atoms with Gasteiger partial charge in [-0.25, -0.2) is 4.39 Å². The van der Waals surface area contributed by atoms with Crippen molar-refractivity contribution in [1.29, 1.82) is 0 Å². The van der Waals surface area contributed by atoms with E-state index in [9.17, 15) is 13.8 Å². The first-order valence-corrected chi connectivity index (χ1v) is 13.4. The minimum atomic E-state index is -3.87. The highest BCUT2D eigenvalue weighted by molar-refractivity contribution is 7.55. The number of hydrogen-bond acceptors (Lipinski definition) is 3. The van der Waals surface area contributed by atoms with Gasteiger partial charge in [0.25, 0.3) is 7.52 Å². The molecule has 0 amide bonds. The monoisotopic (exact) mass is 461 g/mol. The first kappa shape index (κ1) is 26.2. The predicted molar refractivity (Wildman–Crippen MR) is 119 cm³/mol. The molecule has 31 heavy (non-hydrogen) atoms. The lowest BCUT2D eigenvalue weighted by Gasteiger charge is -2.30. The Morgan fingerprint density at radius 2 is 1.87 bits per heavy atom. The van der Waals surface area contributed by atoms with Crippen molar-refractivity contribution in [1.82, 2.24) is 5.25 Å². The molecule has 0 aromatic heterocycles. The lowest BCUT2D eigenvalue weighted by Crippen LogP contribution is -2.19. The molecule has 1 fully saturated rings. The summed E-state index contributed by atoms with van der Waals surface area (Å²) in [7, 11) is -3.87. The normalized spacial score (nSPS) is 22.2. The maximum absolute atomic E-state index is 15.1. The number of aryl methyl sites for hydroxylation is 1. The molecule has 0 radical (unpaired) electrons. The van der Waals surface area contributed by atoms with Gasteiger partial charge in [-0.1, -0.05) is 46.5 Å². The van der Waals surface area contributed by atoms with Crippen LogP contribution in [0.25, 0.3) is 0 Å². The molecule has 8 heteroatoms. The lowest BCUT2D eigenvalue weighted by atomic mass is 9.75. The van der Waals surface area contributed by atoms with Crippen LogP contribution >= 0.6 is 7.52 Å². The van der Waals surface area contributed by atoms with Gasteiger partial charge in [0.15, 0.2) is 11.6 Å². The van der Waals surface area contributed by atoms with Gasteiger partial charge in [0, 0.05) is 12.1 Å².